The monoisotopic (exact) mass is 367 g/mol. The van der Waals surface area contributed by atoms with E-state index >= 15 is 0 Å². The highest BCUT2D eigenvalue weighted by Crippen LogP contribution is 2.15. The zero-order chi connectivity index (χ0) is 19.2. The summed E-state index contributed by atoms with van der Waals surface area (Å²) in [6.07, 6.45) is 3.96. The zero-order valence-electron chi connectivity index (χ0n) is 15.8. The number of carbonyl (C=O) groups is 2. The van der Waals surface area contributed by atoms with Crippen LogP contribution in [0.3, 0.4) is 0 Å². The van der Waals surface area contributed by atoms with Gasteiger partial charge in [-0.15, -0.1) is 0 Å². The van der Waals surface area contributed by atoms with Crippen molar-refractivity contribution in [1.82, 2.24) is 25.1 Å². The van der Waals surface area contributed by atoms with E-state index in [1.54, 1.807) is 18.9 Å². The molecule has 1 fully saturated rings. The maximum atomic E-state index is 12.9. The molecule has 2 heterocycles. The molecule has 2 amide bonds. The van der Waals surface area contributed by atoms with Crippen molar-refractivity contribution in [2.75, 3.05) is 33.2 Å². The second kappa shape index (κ2) is 8.73. The number of nitrogens with one attached hydrogen (secondary N) is 1. The molecule has 3 rings (SSSR count). The van der Waals surface area contributed by atoms with E-state index in [-0.39, 0.29) is 11.8 Å². The van der Waals surface area contributed by atoms with E-state index in [9.17, 15) is 9.59 Å². The van der Waals surface area contributed by atoms with Crippen molar-refractivity contribution in [1.29, 1.82) is 0 Å². The molecule has 1 atom stereocenters. The minimum absolute atomic E-state index is 0.152. The summed E-state index contributed by atoms with van der Waals surface area (Å²) in [6, 6.07) is 9.75. The van der Waals surface area contributed by atoms with Gasteiger partial charge in [0.1, 0.15) is 11.9 Å². The highest BCUT2D eigenvalue weighted by molar-refractivity contribution is 5.97. The van der Waals surface area contributed by atoms with Gasteiger partial charge in [-0.3, -0.25) is 14.5 Å². The number of likely N-dealkylation sites (N-methyl/N-ethyl adjacent to an activating group) is 1. The lowest BCUT2D eigenvalue weighted by molar-refractivity contribution is -0.127. The lowest BCUT2D eigenvalue weighted by Gasteiger charge is -2.40. The Bertz CT molecular complexity index is 779. The first-order valence-electron chi connectivity index (χ1n) is 9.16. The number of amides is 2. The number of nitrogens with zero attached hydrogens (tertiary/aromatic N) is 4. The van der Waals surface area contributed by atoms with Crippen molar-refractivity contribution >= 4 is 11.8 Å². The third-order valence-corrected chi connectivity index (χ3v) is 4.86. The lowest BCUT2D eigenvalue weighted by Crippen LogP contribution is -2.60. The van der Waals surface area contributed by atoms with Gasteiger partial charge in [-0.2, -0.15) is 0 Å². The minimum Gasteiger partial charge on any atom is -0.357 e. The summed E-state index contributed by atoms with van der Waals surface area (Å²) in [4.78, 5) is 37.4. The molecule has 1 aromatic carbocycles. The van der Waals surface area contributed by atoms with Crippen LogP contribution in [0.5, 0.6) is 0 Å². The van der Waals surface area contributed by atoms with Gasteiger partial charge < -0.3 is 10.2 Å². The van der Waals surface area contributed by atoms with E-state index in [0.717, 1.165) is 19.5 Å². The van der Waals surface area contributed by atoms with E-state index in [1.807, 2.05) is 18.2 Å². The van der Waals surface area contributed by atoms with Crippen molar-refractivity contribution in [2.45, 2.75) is 19.4 Å². The summed E-state index contributed by atoms with van der Waals surface area (Å²) >= 11 is 0. The number of rotatable bonds is 5. The smallest absolute Gasteiger partial charge is 0.257 e. The maximum Gasteiger partial charge on any atom is 0.257 e. The third-order valence-electron chi connectivity index (χ3n) is 4.86. The summed E-state index contributed by atoms with van der Waals surface area (Å²) in [5.41, 5.74) is 1.68. The number of hydrogen-bond acceptors (Lipinski definition) is 5. The predicted octanol–water partition coefficient (Wildman–Crippen LogP) is 0.900. The van der Waals surface area contributed by atoms with Crippen molar-refractivity contribution in [3.63, 3.8) is 0 Å². The molecule has 142 valence electrons. The van der Waals surface area contributed by atoms with Gasteiger partial charge >= 0.3 is 0 Å². The summed E-state index contributed by atoms with van der Waals surface area (Å²) < 4.78 is 0. The molecule has 1 aliphatic rings. The highest BCUT2D eigenvalue weighted by atomic mass is 16.2. The first-order chi connectivity index (χ1) is 13.1. The van der Waals surface area contributed by atoms with Gasteiger partial charge in [0.15, 0.2) is 0 Å². The molecule has 1 aliphatic heterocycles. The molecule has 0 radical (unpaired) electrons. The fourth-order valence-electron chi connectivity index (χ4n) is 3.28. The van der Waals surface area contributed by atoms with E-state index in [4.69, 9.17) is 0 Å². The fourth-order valence-corrected chi connectivity index (χ4v) is 3.28. The minimum atomic E-state index is -0.520. The van der Waals surface area contributed by atoms with Crippen LogP contribution >= 0.6 is 0 Å². The van der Waals surface area contributed by atoms with Gasteiger partial charge in [-0.25, -0.2) is 9.97 Å². The third kappa shape index (κ3) is 4.68. The summed E-state index contributed by atoms with van der Waals surface area (Å²) in [5, 5.41) is 2.68. The molecular formula is C20H25N5O2. The van der Waals surface area contributed by atoms with Crippen molar-refractivity contribution in [3.8, 4) is 0 Å². The Morgan fingerprint density at radius 1 is 1.15 bits per heavy atom. The molecule has 0 saturated carbocycles. The molecule has 1 aromatic heterocycles. The molecule has 7 heteroatoms. The van der Waals surface area contributed by atoms with Crippen molar-refractivity contribution < 1.29 is 9.59 Å². The van der Waals surface area contributed by atoms with E-state index in [2.05, 4.69) is 32.3 Å². The summed E-state index contributed by atoms with van der Waals surface area (Å²) in [6.45, 7) is 4.38. The van der Waals surface area contributed by atoms with Crippen molar-refractivity contribution in [2.24, 2.45) is 0 Å². The first kappa shape index (κ1) is 19.0. The Morgan fingerprint density at radius 2 is 1.85 bits per heavy atom. The van der Waals surface area contributed by atoms with Crippen LogP contribution in [0, 0.1) is 6.92 Å². The number of benzene rings is 1. The predicted molar refractivity (Wildman–Crippen MR) is 102 cm³/mol. The lowest BCUT2D eigenvalue weighted by atomic mass is 10.1. The summed E-state index contributed by atoms with van der Waals surface area (Å²) in [5.74, 6) is 0.257. The van der Waals surface area contributed by atoms with Gasteiger partial charge in [-0.1, -0.05) is 30.3 Å². The SMILES string of the molecule is CNC(=O)C1CN(CCc2ccccc2)CCN1C(=O)c1cnc(C)nc1. The second-order valence-corrected chi connectivity index (χ2v) is 6.68. The van der Waals surface area contributed by atoms with Crippen LogP contribution in [0.15, 0.2) is 42.7 Å². The van der Waals surface area contributed by atoms with E-state index in [1.165, 1.54) is 18.0 Å². The topological polar surface area (TPSA) is 78.4 Å². The number of piperazine rings is 1. The molecular weight excluding hydrogens is 342 g/mol. The number of hydrogen-bond donors (Lipinski definition) is 1. The van der Waals surface area contributed by atoms with Crippen LogP contribution in [-0.4, -0.2) is 70.9 Å². The number of aryl methyl sites for hydroxylation is 1. The van der Waals surface area contributed by atoms with Crippen LogP contribution in [0.4, 0.5) is 0 Å². The van der Waals surface area contributed by atoms with E-state index < -0.39 is 6.04 Å². The zero-order valence-corrected chi connectivity index (χ0v) is 15.8. The number of aromatic nitrogens is 2. The fraction of sp³-hybridized carbons (Fsp3) is 0.400. The average molecular weight is 367 g/mol. The standard InChI is InChI=1S/C20H25N5O2/c1-15-22-12-17(13-23-15)20(27)25-11-10-24(14-18(25)19(26)21-2)9-8-16-6-4-3-5-7-16/h3-7,12-13,18H,8-11,14H2,1-2H3,(H,21,26). The van der Waals surface area contributed by atoms with Gasteiger partial charge in [-0.05, 0) is 18.9 Å². The van der Waals surface area contributed by atoms with Crippen molar-refractivity contribution in [3.05, 3.63) is 59.7 Å². The molecule has 1 saturated heterocycles. The van der Waals surface area contributed by atoms with Crippen LogP contribution in [-0.2, 0) is 11.2 Å². The Hall–Kier alpha value is -2.80. The van der Waals surface area contributed by atoms with Gasteiger partial charge in [0.2, 0.25) is 5.91 Å². The normalized spacial score (nSPS) is 17.6. The largest absolute Gasteiger partial charge is 0.357 e. The Balaban J connectivity index is 1.68. The molecule has 27 heavy (non-hydrogen) atoms. The quantitative estimate of drug-likeness (QED) is 0.850. The highest BCUT2D eigenvalue weighted by Gasteiger charge is 2.35. The molecule has 2 aromatic rings. The van der Waals surface area contributed by atoms with Crippen LogP contribution in [0.2, 0.25) is 0 Å². The van der Waals surface area contributed by atoms with Crippen LogP contribution < -0.4 is 5.32 Å². The molecule has 0 aliphatic carbocycles. The first-order valence-corrected chi connectivity index (χ1v) is 9.16. The second-order valence-electron chi connectivity index (χ2n) is 6.68. The molecule has 0 spiro atoms. The van der Waals surface area contributed by atoms with E-state index in [0.29, 0.717) is 24.5 Å². The Kier molecular flexibility index (Phi) is 6.13. The molecule has 1 N–H and O–H groups in total. The van der Waals surface area contributed by atoms with Crippen LogP contribution in [0.1, 0.15) is 21.7 Å². The van der Waals surface area contributed by atoms with Gasteiger partial charge in [0.25, 0.3) is 5.91 Å². The summed E-state index contributed by atoms with van der Waals surface area (Å²) in [7, 11) is 1.60. The average Bonchev–Trinajstić information content (AvgIpc) is 2.72. The Labute approximate surface area is 159 Å². The molecule has 0 bridgehead atoms. The number of carbonyl (C=O) groups excluding carboxylic acids is 2. The van der Waals surface area contributed by atoms with Crippen LogP contribution in [0.25, 0.3) is 0 Å². The Morgan fingerprint density at radius 3 is 2.52 bits per heavy atom. The maximum absolute atomic E-state index is 12.9. The molecule has 1 unspecified atom stereocenters. The van der Waals surface area contributed by atoms with Gasteiger partial charge in [0, 0.05) is 45.6 Å². The van der Waals surface area contributed by atoms with Gasteiger partial charge in [0.05, 0.1) is 5.56 Å². The molecule has 7 nitrogen and oxygen atoms in total.